The molecule has 0 aromatic rings. The number of aliphatic hydroxyl groups excluding tert-OH is 1. The van der Waals surface area contributed by atoms with Crippen LogP contribution in [-0.2, 0) is 4.74 Å². The summed E-state index contributed by atoms with van der Waals surface area (Å²) in [6.07, 6.45) is 12.4. The maximum absolute atomic E-state index is 8.42. The van der Waals surface area contributed by atoms with E-state index in [1.165, 1.54) is 57.8 Å². The molecule has 1 N–H and O–H groups in total. The predicted molar refractivity (Wildman–Crippen MR) is 81.1 cm³/mol. The molecule has 0 saturated carbocycles. The first-order valence-corrected chi connectivity index (χ1v) is 8.01. The van der Waals surface area contributed by atoms with Gasteiger partial charge in [-0.25, -0.2) is 0 Å². The highest BCUT2D eigenvalue weighted by molar-refractivity contribution is 4.41. The van der Waals surface area contributed by atoms with Gasteiger partial charge in [-0.05, 0) is 19.3 Å². The summed E-state index contributed by atoms with van der Waals surface area (Å²) in [4.78, 5) is 0. The first-order chi connectivity index (χ1) is 8.83. The summed E-state index contributed by atoms with van der Waals surface area (Å²) in [5.41, 5.74) is 0. The quantitative estimate of drug-likeness (QED) is 0.503. The molecule has 0 atom stereocenters. The molecule has 0 rings (SSSR count). The van der Waals surface area contributed by atoms with Crippen molar-refractivity contribution in [3.8, 4) is 0 Å². The van der Waals surface area contributed by atoms with Crippen LogP contribution < -0.4 is 0 Å². The molecule has 0 spiro atoms. The molecule has 0 aliphatic rings. The SMILES string of the molecule is CCCCCCCCO.CCCCOCCCC. The molecule has 0 saturated heterocycles. The van der Waals surface area contributed by atoms with Crippen molar-refractivity contribution in [2.24, 2.45) is 0 Å². The van der Waals surface area contributed by atoms with Crippen LogP contribution in [0.15, 0.2) is 0 Å². The number of hydrogen-bond acceptors (Lipinski definition) is 2. The Morgan fingerprint density at radius 1 is 0.611 bits per heavy atom. The molecule has 2 heteroatoms. The zero-order chi connectivity index (χ0) is 13.9. The average molecular weight is 260 g/mol. The highest BCUT2D eigenvalue weighted by Crippen LogP contribution is 2.03. The van der Waals surface area contributed by atoms with Gasteiger partial charge in [0.25, 0.3) is 0 Å². The summed E-state index contributed by atoms with van der Waals surface area (Å²) >= 11 is 0. The third-order valence-corrected chi connectivity index (χ3v) is 2.80. The molecule has 0 unspecified atom stereocenters. The van der Waals surface area contributed by atoms with Gasteiger partial charge in [0.15, 0.2) is 0 Å². The van der Waals surface area contributed by atoms with Crippen molar-refractivity contribution in [2.75, 3.05) is 19.8 Å². The maximum atomic E-state index is 8.42. The van der Waals surface area contributed by atoms with E-state index in [1.807, 2.05) is 0 Å². The van der Waals surface area contributed by atoms with Gasteiger partial charge in [0.2, 0.25) is 0 Å². The molecule has 0 heterocycles. The van der Waals surface area contributed by atoms with Crippen molar-refractivity contribution < 1.29 is 9.84 Å². The molecule has 0 aliphatic carbocycles. The fraction of sp³-hybridized carbons (Fsp3) is 1.00. The monoisotopic (exact) mass is 260 g/mol. The van der Waals surface area contributed by atoms with Gasteiger partial charge in [-0.1, -0.05) is 65.7 Å². The number of ether oxygens (including phenoxy) is 1. The maximum Gasteiger partial charge on any atom is 0.0465 e. The topological polar surface area (TPSA) is 29.5 Å². The van der Waals surface area contributed by atoms with Gasteiger partial charge >= 0.3 is 0 Å². The van der Waals surface area contributed by atoms with E-state index in [1.54, 1.807) is 0 Å². The van der Waals surface area contributed by atoms with Crippen molar-refractivity contribution in [3.63, 3.8) is 0 Å². The van der Waals surface area contributed by atoms with Crippen molar-refractivity contribution in [1.29, 1.82) is 0 Å². The normalized spacial score (nSPS) is 10.0. The van der Waals surface area contributed by atoms with Crippen molar-refractivity contribution in [3.05, 3.63) is 0 Å². The Bertz CT molecular complexity index is 89.7. The lowest BCUT2D eigenvalue weighted by atomic mass is 10.1. The van der Waals surface area contributed by atoms with E-state index in [-0.39, 0.29) is 0 Å². The minimum Gasteiger partial charge on any atom is -0.396 e. The fourth-order valence-corrected chi connectivity index (χ4v) is 1.49. The van der Waals surface area contributed by atoms with E-state index in [9.17, 15) is 0 Å². The molecule has 0 aromatic heterocycles. The molecule has 112 valence electrons. The van der Waals surface area contributed by atoms with Gasteiger partial charge in [-0.3, -0.25) is 0 Å². The Labute approximate surface area is 115 Å². The molecule has 2 nitrogen and oxygen atoms in total. The van der Waals surface area contributed by atoms with Crippen LogP contribution in [0.3, 0.4) is 0 Å². The third kappa shape index (κ3) is 24.9. The van der Waals surface area contributed by atoms with Crippen molar-refractivity contribution in [1.82, 2.24) is 0 Å². The summed E-state index contributed by atoms with van der Waals surface area (Å²) in [6, 6.07) is 0. The summed E-state index contributed by atoms with van der Waals surface area (Å²) in [5, 5.41) is 8.42. The molecule has 0 radical (unpaired) electrons. The summed E-state index contributed by atoms with van der Waals surface area (Å²) < 4.78 is 5.31. The highest BCUT2D eigenvalue weighted by Gasteiger charge is 1.86. The molecule has 0 aliphatic heterocycles. The van der Waals surface area contributed by atoms with Crippen LogP contribution in [0.4, 0.5) is 0 Å². The van der Waals surface area contributed by atoms with Crippen LogP contribution in [0.2, 0.25) is 0 Å². The minimum absolute atomic E-state index is 0.367. The lowest BCUT2D eigenvalue weighted by molar-refractivity contribution is 0.128. The highest BCUT2D eigenvalue weighted by atomic mass is 16.5. The average Bonchev–Trinajstić information content (AvgIpc) is 2.39. The molecule has 0 aromatic carbocycles. The predicted octanol–water partition coefficient (Wildman–Crippen LogP) is 4.94. The van der Waals surface area contributed by atoms with Crippen molar-refractivity contribution >= 4 is 0 Å². The summed E-state index contributed by atoms with van der Waals surface area (Å²) in [6.45, 7) is 8.86. The Kier molecular flexibility index (Phi) is 24.9. The van der Waals surface area contributed by atoms with Crippen LogP contribution >= 0.6 is 0 Å². The molecular formula is C16H36O2. The van der Waals surface area contributed by atoms with Crippen LogP contribution in [0.1, 0.15) is 85.0 Å². The van der Waals surface area contributed by atoms with E-state index in [2.05, 4.69) is 20.8 Å². The summed E-state index contributed by atoms with van der Waals surface area (Å²) in [7, 11) is 0. The Morgan fingerprint density at radius 2 is 1.06 bits per heavy atom. The van der Waals surface area contributed by atoms with Crippen LogP contribution in [0.5, 0.6) is 0 Å². The van der Waals surface area contributed by atoms with Crippen LogP contribution in [0.25, 0.3) is 0 Å². The van der Waals surface area contributed by atoms with Crippen molar-refractivity contribution in [2.45, 2.75) is 85.0 Å². The smallest absolute Gasteiger partial charge is 0.0465 e. The number of unbranched alkanes of at least 4 members (excludes halogenated alkanes) is 7. The molecule has 18 heavy (non-hydrogen) atoms. The Morgan fingerprint density at radius 3 is 1.50 bits per heavy atom. The second-order valence-corrected chi connectivity index (χ2v) is 4.81. The lowest BCUT2D eigenvalue weighted by Gasteiger charge is -1.99. The number of rotatable bonds is 12. The van der Waals surface area contributed by atoms with E-state index < -0.39 is 0 Å². The number of aliphatic hydroxyl groups is 1. The molecule has 0 bridgehead atoms. The molecule has 0 amide bonds. The fourth-order valence-electron chi connectivity index (χ4n) is 1.49. The van der Waals surface area contributed by atoms with Crippen LogP contribution in [0, 0.1) is 0 Å². The van der Waals surface area contributed by atoms with Gasteiger partial charge in [-0.2, -0.15) is 0 Å². The minimum atomic E-state index is 0.367. The van der Waals surface area contributed by atoms with Gasteiger partial charge in [0.05, 0.1) is 0 Å². The second-order valence-electron chi connectivity index (χ2n) is 4.81. The Hall–Kier alpha value is -0.0800. The van der Waals surface area contributed by atoms with Gasteiger partial charge < -0.3 is 9.84 Å². The van der Waals surface area contributed by atoms with E-state index in [0.29, 0.717) is 6.61 Å². The van der Waals surface area contributed by atoms with Gasteiger partial charge in [0, 0.05) is 19.8 Å². The summed E-state index contributed by atoms with van der Waals surface area (Å²) in [5.74, 6) is 0. The molecule has 0 fully saturated rings. The second kappa shape index (κ2) is 22.1. The third-order valence-electron chi connectivity index (χ3n) is 2.80. The van der Waals surface area contributed by atoms with E-state index in [0.717, 1.165) is 19.6 Å². The van der Waals surface area contributed by atoms with E-state index in [4.69, 9.17) is 9.84 Å². The zero-order valence-electron chi connectivity index (χ0n) is 13.0. The first kappa shape index (κ1) is 20.2. The first-order valence-electron chi connectivity index (χ1n) is 8.01. The lowest BCUT2D eigenvalue weighted by Crippen LogP contribution is -1.95. The Balaban J connectivity index is 0. The molecular weight excluding hydrogens is 224 g/mol. The van der Waals surface area contributed by atoms with E-state index >= 15 is 0 Å². The zero-order valence-corrected chi connectivity index (χ0v) is 13.0. The number of hydrogen-bond donors (Lipinski definition) is 1. The van der Waals surface area contributed by atoms with Gasteiger partial charge in [-0.15, -0.1) is 0 Å². The largest absolute Gasteiger partial charge is 0.396 e. The standard InChI is InChI=1S/2C8H18O/c1-3-5-7-9-8-6-4-2;1-2-3-4-5-6-7-8-9/h3-8H2,1-2H3;9H,2-8H2,1H3. The van der Waals surface area contributed by atoms with Crippen LogP contribution in [-0.4, -0.2) is 24.9 Å². The van der Waals surface area contributed by atoms with Gasteiger partial charge in [0.1, 0.15) is 0 Å².